The molecule has 1 heteroatoms. The number of hydrogen-bond donors (Lipinski definition) is 1. The molecule has 1 aromatic carbocycles. The van der Waals surface area contributed by atoms with E-state index in [0.717, 1.165) is 12.5 Å². The average Bonchev–Trinajstić information content (AvgIpc) is 2.27. The predicted molar refractivity (Wildman–Crippen MR) is 80.7 cm³/mol. The highest BCUT2D eigenvalue weighted by atomic mass is 14.9. The van der Waals surface area contributed by atoms with Gasteiger partial charge in [-0.15, -0.1) is 0 Å². The lowest BCUT2D eigenvalue weighted by Crippen LogP contribution is -2.26. The van der Waals surface area contributed by atoms with Gasteiger partial charge in [0.1, 0.15) is 0 Å². The molecule has 0 saturated heterocycles. The summed E-state index contributed by atoms with van der Waals surface area (Å²) in [5.74, 6) is 0.720. The fourth-order valence-corrected chi connectivity index (χ4v) is 2.12. The number of hydrogen-bond acceptors (Lipinski definition) is 1. The lowest BCUT2D eigenvalue weighted by atomic mass is 9.91. The topological polar surface area (TPSA) is 12.0 Å². The van der Waals surface area contributed by atoms with Crippen molar-refractivity contribution in [3.8, 4) is 0 Å². The van der Waals surface area contributed by atoms with Gasteiger partial charge in [0.05, 0.1) is 0 Å². The van der Waals surface area contributed by atoms with Gasteiger partial charge in [-0.25, -0.2) is 0 Å². The number of benzene rings is 1. The van der Waals surface area contributed by atoms with Crippen molar-refractivity contribution in [3.05, 3.63) is 35.9 Å². The molecule has 1 N–H and O–H groups in total. The van der Waals surface area contributed by atoms with Crippen molar-refractivity contribution in [2.75, 3.05) is 6.54 Å². The van der Waals surface area contributed by atoms with Gasteiger partial charge >= 0.3 is 0 Å². The highest BCUT2D eigenvalue weighted by Gasteiger charge is 2.14. The monoisotopic (exact) mass is 247 g/mol. The van der Waals surface area contributed by atoms with Crippen molar-refractivity contribution < 1.29 is 0 Å². The second-order valence-electron chi connectivity index (χ2n) is 6.86. The molecule has 1 nitrogen and oxygen atoms in total. The lowest BCUT2D eigenvalue weighted by Gasteiger charge is -2.24. The van der Waals surface area contributed by atoms with Crippen LogP contribution in [-0.4, -0.2) is 6.54 Å². The van der Waals surface area contributed by atoms with E-state index in [1.807, 2.05) is 0 Å². The summed E-state index contributed by atoms with van der Waals surface area (Å²) in [4.78, 5) is 0. The number of nitrogens with one attached hydrogen (secondary N) is 1. The predicted octanol–water partition coefficient (Wildman–Crippen LogP) is 4.80. The van der Waals surface area contributed by atoms with Crippen LogP contribution in [-0.2, 0) is 0 Å². The van der Waals surface area contributed by atoms with Crippen LogP contribution in [0.1, 0.15) is 59.1 Å². The minimum absolute atomic E-state index is 0.409. The Bertz CT molecular complexity index is 321. The minimum Gasteiger partial charge on any atom is -0.310 e. The van der Waals surface area contributed by atoms with Crippen LogP contribution < -0.4 is 5.32 Å². The van der Waals surface area contributed by atoms with E-state index in [1.165, 1.54) is 18.4 Å². The molecule has 0 aliphatic carbocycles. The second-order valence-corrected chi connectivity index (χ2v) is 6.86. The summed E-state index contributed by atoms with van der Waals surface area (Å²) < 4.78 is 0. The Labute approximate surface area is 113 Å². The molecule has 1 rings (SSSR count). The Morgan fingerprint density at radius 2 is 1.67 bits per heavy atom. The molecule has 102 valence electrons. The van der Waals surface area contributed by atoms with Gasteiger partial charge in [0, 0.05) is 6.04 Å². The maximum absolute atomic E-state index is 3.72. The Kier molecular flexibility index (Phi) is 5.87. The maximum atomic E-state index is 3.72. The van der Waals surface area contributed by atoms with Crippen molar-refractivity contribution in [2.45, 2.75) is 53.5 Å². The first-order chi connectivity index (χ1) is 8.38. The van der Waals surface area contributed by atoms with Gasteiger partial charge in [0.25, 0.3) is 0 Å². The van der Waals surface area contributed by atoms with Crippen molar-refractivity contribution in [3.63, 3.8) is 0 Å². The first-order valence-electron chi connectivity index (χ1n) is 7.17. The Hall–Kier alpha value is -0.820. The molecule has 0 heterocycles. The van der Waals surface area contributed by atoms with Crippen LogP contribution >= 0.6 is 0 Å². The van der Waals surface area contributed by atoms with E-state index in [1.54, 1.807) is 0 Å². The molecule has 18 heavy (non-hydrogen) atoms. The zero-order valence-corrected chi connectivity index (χ0v) is 12.7. The second kappa shape index (κ2) is 6.94. The summed E-state index contributed by atoms with van der Waals surface area (Å²) in [5.41, 5.74) is 1.83. The highest BCUT2D eigenvalue weighted by molar-refractivity contribution is 5.18. The van der Waals surface area contributed by atoms with E-state index in [2.05, 4.69) is 70.3 Å². The highest BCUT2D eigenvalue weighted by Crippen LogP contribution is 2.23. The van der Waals surface area contributed by atoms with Gasteiger partial charge in [0.15, 0.2) is 0 Å². The smallest absolute Gasteiger partial charge is 0.0322 e. The molecule has 0 bridgehead atoms. The molecule has 0 aromatic heterocycles. The molecule has 0 spiro atoms. The van der Waals surface area contributed by atoms with Crippen LogP contribution in [0.25, 0.3) is 0 Å². The van der Waals surface area contributed by atoms with Crippen LogP contribution in [0.15, 0.2) is 30.3 Å². The molecule has 0 saturated carbocycles. The van der Waals surface area contributed by atoms with E-state index >= 15 is 0 Å². The van der Waals surface area contributed by atoms with E-state index in [0.29, 0.717) is 11.5 Å². The molecule has 0 fully saturated rings. The quantitative estimate of drug-likeness (QED) is 0.761. The maximum Gasteiger partial charge on any atom is 0.0322 e. The van der Waals surface area contributed by atoms with Crippen LogP contribution in [0.5, 0.6) is 0 Å². The summed E-state index contributed by atoms with van der Waals surface area (Å²) in [6.45, 7) is 12.6. The van der Waals surface area contributed by atoms with Crippen LogP contribution in [0, 0.1) is 11.3 Å². The largest absolute Gasteiger partial charge is 0.310 e. The normalized spacial score (nSPS) is 13.9. The molecular weight excluding hydrogens is 218 g/mol. The summed E-state index contributed by atoms with van der Waals surface area (Å²) in [5, 5.41) is 3.72. The van der Waals surface area contributed by atoms with E-state index in [9.17, 15) is 0 Å². The molecule has 0 amide bonds. The Morgan fingerprint density at radius 3 is 2.17 bits per heavy atom. The van der Waals surface area contributed by atoms with Crippen LogP contribution in [0.2, 0.25) is 0 Å². The van der Waals surface area contributed by atoms with Gasteiger partial charge in [-0.2, -0.15) is 0 Å². The van der Waals surface area contributed by atoms with Gasteiger partial charge in [-0.3, -0.25) is 0 Å². The molecule has 0 radical (unpaired) electrons. The van der Waals surface area contributed by atoms with Gasteiger partial charge in [-0.05, 0) is 36.3 Å². The zero-order chi connectivity index (χ0) is 13.6. The summed E-state index contributed by atoms with van der Waals surface area (Å²) >= 11 is 0. The first-order valence-corrected chi connectivity index (χ1v) is 7.17. The van der Waals surface area contributed by atoms with E-state index in [-0.39, 0.29) is 0 Å². The fourth-order valence-electron chi connectivity index (χ4n) is 2.12. The molecule has 1 unspecified atom stereocenters. The standard InChI is InChI=1S/C17H29N/c1-14(2)13-16(15-9-7-6-8-10-15)18-12-11-17(3,4)5/h6-10,14,16,18H,11-13H2,1-5H3. The van der Waals surface area contributed by atoms with Crippen LogP contribution in [0.4, 0.5) is 0 Å². The van der Waals surface area contributed by atoms with Crippen molar-refractivity contribution in [1.82, 2.24) is 5.32 Å². The lowest BCUT2D eigenvalue weighted by molar-refractivity contribution is 0.341. The van der Waals surface area contributed by atoms with Gasteiger partial charge < -0.3 is 5.32 Å². The minimum atomic E-state index is 0.409. The van der Waals surface area contributed by atoms with Gasteiger partial charge in [-0.1, -0.05) is 65.0 Å². The Morgan fingerprint density at radius 1 is 1.06 bits per heavy atom. The van der Waals surface area contributed by atoms with E-state index in [4.69, 9.17) is 0 Å². The SMILES string of the molecule is CC(C)CC(NCCC(C)(C)C)c1ccccc1. The fraction of sp³-hybridized carbons (Fsp3) is 0.647. The molecule has 1 atom stereocenters. The molecule has 0 aliphatic heterocycles. The average molecular weight is 247 g/mol. The zero-order valence-electron chi connectivity index (χ0n) is 12.7. The summed E-state index contributed by atoms with van der Waals surface area (Å²) in [7, 11) is 0. The molecule has 0 aliphatic rings. The van der Waals surface area contributed by atoms with Crippen molar-refractivity contribution in [1.29, 1.82) is 0 Å². The van der Waals surface area contributed by atoms with Crippen molar-refractivity contribution in [2.24, 2.45) is 11.3 Å². The molecule has 1 aromatic rings. The number of rotatable bonds is 6. The van der Waals surface area contributed by atoms with Crippen LogP contribution in [0.3, 0.4) is 0 Å². The summed E-state index contributed by atoms with van der Waals surface area (Å²) in [6.07, 6.45) is 2.42. The molecular formula is C17H29N. The van der Waals surface area contributed by atoms with Gasteiger partial charge in [0.2, 0.25) is 0 Å². The van der Waals surface area contributed by atoms with Crippen molar-refractivity contribution >= 4 is 0 Å². The third-order valence-electron chi connectivity index (χ3n) is 3.17. The first kappa shape index (κ1) is 15.2. The Balaban J connectivity index is 2.57. The third kappa shape index (κ3) is 6.20. The summed E-state index contributed by atoms with van der Waals surface area (Å²) in [6, 6.07) is 11.3. The van der Waals surface area contributed by atoms with E-state index < -0.39 is 0 Å². The third-order valence-corrected chi connectivity index (χ3v) is 3.17.